The van der Waals surface area contributed by atoms with E-state index in [-0.39, 0.29) is 11.8 Å². The fourth-order valence-corrected chi connectivity index (χ4v) is 1.55. The molecule has 0 fully saturated rings. The zero-order valence-electron chi connectivity index (χ0n) is 7.03. The molecule has 0 spiro atoms. The summed E-state index contributed by atoms with van der Waals surface area (Å²) in [4.78, 5) is 19.3. The molecule has 0 N–H and O–H groups in total. The van der Waals surface area contributed by atoms with E-state index in [2.05, 4.69) is 9.98 Å². The van der Waals surface area contributed by atoms with Gasteiger partial charge in [-0.05, 0) is 0 Å². The number of alkyl halides is 1. The van der Waals surface area contributed by atoms with Crippen molar-refractivity contribution in [1.82, 2.24) is 0 Å². The molecule has 2 aliphatic rings. The normalized spacial score (nSPS) is 25.6. The summed E-state index contributed by atoms with van der Waals surface area (Å²) in [5.74, 6) is -0.0809. The van der Waals surface area contributed by atoms with E-state index in [1.165, 1.54) is 6.21 Å². The molecule has 3 nitrogen and oxygen atoms in total. The number of carbonyl (C=O) groups is 1. The molecule has 13 heavy (non-hydrogen) atoms. The molecule has 2 rings (SSSR count). The van der Waals surface area contributed by atoms with Crippen LogP contribution in [0.5, 0.6) is 0 Å². The van der Waals surface area contributed by atoms with Gasteiger partial charge >= 0.3 is 0 Å². The topological polar surface area (TPSA) is 41.8 Å². The predicted molar refractivity (Wildman–Crippen MR) is 48.0 cm³/mol. The van der Waals surface area contributed by atoms with Gasteiger partial charge in [-0.2, -0.15) is 0 Å². The van der Waals surface area contributed by atoms with Crippen LogP contribution in [-0.4, -0.2) is 30.9 Å². The zero-order valence-corrected chi connectivity index (χ0v) is 7.03. The first-order valence-electron chi connectivity index (χ1n) is 4.22. The van der Waals surface area contributed by atoms with Gasteiger partial charge in [0.15, 0.2) is 0 Å². The third kappa shape index (κ3) is 1.32. The summed E-state index contributed by atoms with van der Waals surface area (Å²) in [6, 6.07) is -0.239. The highest BCUT2D eigenvalue weighted by Gasteiger charge is 2.26. The van der Waals surface area contributed by atoms with Gasteiger partial charge in [0.2, 0.25) is 5.78 Å². The van der Waals surface area contributed by atoms with Crippen LogP contribution in [-0.2, 0) is 4.79 Å². The fraction of sp³-hybridized carbons (Fsp3) is 0.444. The summed E-state index contributed by atoms with van der Waals surface area (Å²) in [5.41, 5.74) is 1.36. The third-order valence-corrected chi connectivity index (χ3v) is 2.20. The average molecular weight is 180 g/mol. The Morgan fingerprint density at radius 1 is 1.62 bits per heavy atom. The highest BCUT2D eigenvalue weighted by molar-refractivity contribution is 6.37. The summed E-state index contributed by atoms with van der Waals surface area (Å²) < 4.78 is 12.1. The summed E-state index contributed by atoms with van der Waals surface area (Å²) in [6.45, 7) is -0.428. The smallest absolute Gasteiger partial charge is 0.201 e. The monoisotopic (exact) mass is 180 g/mol. The molecule has 0 saturated carbocycles. The van der Waals surface area contributed by atoms with Gasteiger partial charge in [-0.1, -0.05) is 0 Å². The maximum atomic E-state index is 12.1. The molecule has 0 saturated heterocycles. The van der Waals surface area contributed by atoms with Gasteiger partial charge in [-0.3, -0.25) is 19.2 Å². The molecule has 1 unspecified atom stereocenters. The van der Waals surface area contributed by atoms with Crippen LogP contribution in [0, 0.1) is 0 Å². The van der Waals surface area contributed by atoms with Crippen LogP contribution >= 0.6 is 0 Å². The molecule has 0 aliphatic carbocycles. The molecule has 2 heterocycles. The summed E-state index contributed by atoms with van der Waals surface area (Å²) in [5, 5.41) is 0. The van der Waals surface area contributed by atoms with Crippen LogP contribution in [0.1, 0.15) is 12.8 Å². The first kappa shape index (κ1) is 8.29. The Hall–Kier alpha value is -1.32. The second-order valence-corrected chi connectivity index (χ2v) is 3.02. The Morgan fingerprint density at radius 2 is 2.46 bits per heavy atom. The largest absolute Gasteiger partial charge is 0.288 e. The van der Waals surface area contributed by atoms with E-state index in [0.717, 1.165) is 0 Å². The lowest BCUT2D eigenvalue weighted by atomic mass is 10.00. The number of hydrogen-bond donors (Lipinski definition) is 0. The Kier molecular flexibility index (Phi) is 2.04. The van der Waals surface area contributed by atoms with Crippen LogP contribution in [0.2, 0.25) is 0 Å². The van der Waals surface area contributed by atoms with Gasteiger partial charge < -0.3 is 0 Å². The first-order valence-corrected chi connectivity index (χ1v) is 4.22. The molecule has 0 amide bonds. The highest BCUT2D eigenvalue weighted by atomic mass is 19.1. The lowest BCUT2D eigenvalue weighted by Crippen LogP contribution is -2.19. The number of hydrogen-bond acceptors (Lipinski definition) is 3. The zero-order chi connectivity index (χ0) is 9.26. The molecule has 0 aromatic carbocycles. The van der Waals surface area contributed by atoms with Crippen molar-refractivity contribution < 1.29 is 9.18 Å². The van der Waals surface area contributed by atoms with E-state index in [0.29, 0.717) is 24.1 Å². The Bertz CT molecular complexity index is 331. The minimum atomic E-state index is -0.428. The van der Waals surface area contributed by atoms with Crippen LogP contribution < -0.4 is 0 Å². The average Bonchev–Trinajstić information content (AvgIpc) is 2.59. The quantitative estimate of drug-likeness (QED) is 0.627. The molecule has 0 radical (unpaired) electrons. The van der Waals surface area contributed by atoms with Crippen molar-refractivity contribution in [2.75, 3.05) is 6.67 Å². The summed E-state index contributed by atoms with van der Waals surface area (Å²) in [7, 11) is 0. The van der Waals surface area contributed by atoms with Gasteiger partial charge in [0, 0.05) is 24.6 Å². The summed E-state index contributed by atoms with van der Waals surface area (Å²) >= 11 is 0. The minimum Gasteiger partial charge on any atom is -0.288 e. The van der Waals surface area contributed by atoms with E-state index < -0.39 is 6.67 Å². The molecular formula is C9H9FN2O. The molecule has 0 aromatic heterocycles. The number of nitrogens with zero attached hydrogens (tertiary/aromatic N) is 2. The predicted octanol–water partition coefficient (Wildman–Crippen LogP) is 1.10. The number of ketones is 1. The summed E-state index contributed by atoms with van der Waals surface area (Å²) in [6.07, 6.45) is 3.86. The van der Waals surface area contributed by atoms with Crippen molar-refractivity contribution in [3.63, 3.8) is 0 Å². The SMILES string of the molecule is O=C1C=NC(CCF)C2=C1CC=N2. The maximum absolute atomic E-state index is 12.1. The van der Waals surface area contributed by atoms with E-state index in [4.69, 9.17) is 0 Å². The van der Waals surface area contributed by atoms with Gasteiger partial charge in [0.1, 0.15) is 0 Å². The first-order chi connectivity index (χ1) is 6.33. The van der Waals surface area contributed by atoms with Gasteiger partial charge in [-0.25, -0.2) is 0 Å². The second-order valence-electron chi connectivity index (χ2n) is 3.02. The lowest BCUT2D eigenvalue weighted by Gasteiger charge is -2.15. The molecular weight excluding hydrogens is 171 g/mol. The Balaban J connectivity index is 2.27. The van der Waals surface area contributed by atoms with E-state index in [9.17, 15) is 9.18 Å². The Morgan fingerprint density at radius 3 is 3.23 bits per heavy atom. The van der Waals surface area contributed by atoms with Crippen molar-refractivity contribution in [2.45, 2.75) is 18.9 Å². The van der Waals surface area contributed by atoms with Crippen LogP contribution in [0.15, 0.2) is 21.3 Å². The fourth-order valence-electron chi connectivity index (χ4n) is 1.55. The maximum Gasteiger partial charge on any atom is 0.201 e. The van der Waals surface area contributed by atoms with E-state index in [1.807, 2.05) is 0 Å². The number of dihydropyridines is 1. The number of halogens is 1. The van der Waals surface area contributed by atoms with Gasteiger partial charge in [0.25, 0.3) is 0 Å². The number of allylic oxidation sites excluding steroid dienone is 1. The molecule has 2 aliphatic heterocycles. The highest BCUT2D eigenvalue weighted by Crippen LogP contribution is 2.26. The van der Waals surface area contributed by atoms with Crippen LogP contribution in [0.25, 0.3) is 0 Å². The van der Waals surface area contributed by atoms with Crippen molar-refractivity contribution in [3.05, 3.63) is 11.3 Å². The molecule has 68 valence electrons. The lowest BCUT2D eigenvalue weighted by molar-refractivity contribution is -0.109. The van der Waals surface area contributed by atoms with Crippen molar-refractivity contribution in [1.29, 1.82) is 0 Å². The van der Waals surface area contributed by atoms with Gasteiger partial charge in [-0.15, -0.1) is 0 Å². The molecule has 0 bridgehead atoms. The van der Waals surface area contributed by atoms with E-state index in [1.54, 1.807) is 6.21 Å². The number of carbonyl (C=O) groups excluding carboxylic acids is 1. The molecule has 1 atom stereocenters. The minimum absolute atomic E-state index is 0.0809. The Labute approximate surface area is 75.1 Å². The standard InChI is InChI=1S/C9H9FN2O/c10-3-1-7-9-6(2-4-11-9)8(13)5-12-7/h4-5,7H,1-3H2. The van der Waals surface area contributed by atoms with Crippen LogP contribution in [0.4, 0.5) is 4.39 Å². The van der Waals surface area contributed by atoms with Crippen molar-refractivity contribution in [3.8, 4) is 0 Å². The van der Waals surface area contributed by atoms with E-state index >= 15 is 0 Å². The van der Waals surface area contributed by atoms with Gasteiger partial charge in [0.05, 0.1) is 24.6 Å². The molecule has 0 aromatic rings. The number of rotatable bonds is 2. The van der Waals surface area contributed by atoms with Crippen molar-refractivity contribution in [2.24, 2.45) is 9.98 Å². The number of Topliss-reactive ketones (excluding diaryl/α,β-unsaturated/α-hetero) is 1. The number of aliphatic imine (C=N–C) groups is 2. The van der Waals surface area contributed by atoms with Crippen molar-refractivity contribution >= 4 is 18.2 Å². The third-order valence-electron chi connectivity index (χ3n) is 2.20. The second kappa shape index (κ2) is 3.20. The van der Waals surface area contributed by atoms with Crippen LogP contribution in [0.3, 0.4) is 0 Å². The molecule has 4 heteroatoms.